The van der Waals surface area contributed by atoms with Crippen molar-refractivity contribution >= 4 is 11.5 Å². The zero-order valence-electron chi connectivity index (χ0n) is 9.99. The summed E-state index contributed by atoms with van der Waals surface area (Å²) in [6.07, 6.45) is 2.52. The molecule has 2 N–H and O–H groups in total. The molecule has 92 valence electrons. The molecule has 2 heterocycles. The second kappa shape index (κ2) is 4.29. The first-order chi connectivity index (χ1) is 8.02. The number of aryl methyl sites for hydroxylation is 1. The summed E-state index contributed by atoms with van der Waals surface area (Å²) in [7, 11) is 0. The van der Waals surface area contributed by atoms with Gasteiger partial charge in [-0.15, -0.1) is 0 Å². The van der Waals surface area contributed by atoms with Gasteiger partial charge in [0.05, 0.1) is 4.92 Å². The SMILES string of the molecule is Cc1ccnc(NC2(C)CCNC2)c1[N+](=O)[O-]. The summed E-state index contributed by atoms with van der Waals surface area (Å²) in [5.74, 6) is 0.362. The number of rotatable bonds is 3. The predicted molar refractivity (Wildman–Crippen MR) is 65.1 cm³/mol. The van der Waals surface area contributed by atoms with Crippen LogP contribution in [-0.4, -0.2) is 28.5 Å². The Kier molecular flexibility index (Phi) is 2.97. The molecule has 0 radical (unpaired) electrons. The lowest BCUT2D eigenvalue weighted by atomic mass is 10.0. The van der Waals surface area contributed by atoms with Gasteiger partial charge in [0.1, 0.15) is 0 Å². The maximum atomic E-state index is 11.0. The van der Waals surface area contributed by atoms with Crippen LogP contribution in [0.2, 0.25) is 0 Å². The lowest BCUT2D eigenvalue weighted by Crippen LogP contribution is -2.37. The van der Waals surface area contributed by atoms with Crippen molar-refractivity contribution < 1.29 is 4.92 Å². The Labute approximate surface area is 99.6 Å². The molecule has 1 aliphatic rings. The quantitative estimate of drug-likeness (QED) is 0.613. The highest BCUT2D eigenvalue weighted by Gasteiger charge is 2.31. The van der Waals surface area contributed by atoms with Crippen molar-refractivity contribution in [2.45, 2.75) is 25.8 Å². The highest BCUT2D eigenvalue weighted by molar-refractivity contribution is 5.61. The molecular weight excluding hydrogens is 220 g/mol. The summed E-state index contributed by atoms with van der Waals surface area (Å²) >= 11 is 0. The Morgan fingerprint density at radius 2 is 2.41 bits per heavy atom. The van der Waals surface area contributed by atoms with Gasteiger partial charge in [-0.3, -0.25) is 10.1 Å². The predicted octanol–water partition coefficient (Wildman–Crippen LogP) is 1.46. The first-order valence-corrected chi connectivity index (χ1v) is 5.61. The number of hydrogen-bond acceptors (Lipinski definition) is 5. The van der Waals surface area contributed by atoms with Crippen LogP contribution in [0.3, 0.4) is 0 Å². The first-order valence-electron chi connectivity index (χ1n) is 5.61. The maximum absolute atomic E-state index is 11.0. The number of nitro groups is 1. The highest BCUT2D eigenvalue weighted by Crippen LogP contribution is 2.29. The van der Waals surface area contributed by atoms with E-state index in [0.29, 0.717) is 11.4 Å². The van der Waals surface area contributed by atoms with Gasteiger partial charge >= 0.3 is 5.69 Å². The third kappa shape index (κ3) is 2.36. The van der Waals surface area contributed by atoms with Crippen LogP contribution in [0.5, 0.6) is 0 Å². The zero-order valence-corrected chi connectivity index (χ0v) is 9.99. The van der Waals surface area contributed by atoms with E-state index < -0.39 is 0 Å². The third-order valence-electron chi connectivity index (χ3n) is 3.10. The molecule has 6 heteroatoms. The van der Waals surface area contributed by atoms with Crippen LogP contribution in [0.4, 0.5) is 11.5 Å². The number of nitrogens with one attached hydrogen (secondary N) is 2. The molecule has 0 amide bonds. The summed E-state index contributed by atoms with van der Waals surface area (Å²) in [5, 5.41) is 17.5. The Hall–Kier alpha value is -1.69. The van der Waals surface area contributed by atoms with Gasteiger partial charge in [-0.1, -0.05) is 0 Å². The van der Waals surface area contributed by atoms with E-state index in [1.165, 1.54) is 0 Å². The van der Waals surface area contributed by atoms with E-state index in [1.54, 1.807) is 19.2 Å². The number of anilines is 1. The number of aromatic nitrogens is 1. The lowest BCUT2D eigenvalue weighted by Gasteiger charge is -2.25. The Balaban J connectivity index is 2.32. The largest absolute Gasteiger partial charge is 0.358 e. The number of hydrogen-bond donors (Lipinski definition) is 2. The Morgan fingerprint density at radius 3 is 3.00 bits per heavy atom. The van der Waals surface area contributed by atoms with Crippen LogP contribution >= 0.6 is 0 Å². The van der Waals surface area contributed by atoms with Crippen molar-refractivity contribution in [3.05, 3.63) is 27.9 Å². The van der Waals surface area contributed by atoms with Crippen molar-refractivity contribution in [1.82, 2.24) is 10.3 Å². The molecule has 6 nitrogen and oxygen atoms in total. The normalized spacial score (nSPS) is 23.6. The molecule has 0 spiro atoms. The van der Waals surface area contributed by atoms with Gasteiger partial charge < -0.3 is 10.6 Å². The topological polar surface area (TPSA) is 80.1 Å². The zero-order chi connectivity index (χ0) is 12.5. The summed E-state index contributed by atoms with van der Waals surface area (Å²) < 4.78 is 0. The van der Waals surface area contributed by atoms with Crippen molar-refractivity contribution in [3.8, 4) is 0 Å². The van der Waals surface area contributed by atoms with E-state index in [2.05, 4.69) is 15.6 Å². The minimum Gasteiger partial charge on any atom is -0.358 e. The first kappa shape index (κ1) is 11.8. The van der Waals surface area contributed by atoms with E-state index in [4.69, 9.17) is 0 Å². The fourth-order valence-corrected chi connectivity index (χ4v) is 2.08. The molecule has 1 aromatic heterocycles. The van der Waals surface area contributed by atoms with Gasteiger partial charge in [0, 0.05) is 23.8 Å². The van der Waals surface area contributed by atoms with E-state index in [9.17, 15) is 10.1 Å². The Morgan fingerprint density at radius 1 is 1.65 bits per heavy atom. The number of pyridine rings is 1. The van der Waals surface area contributed by atoms with E-state index in [1.807, 2.05) is 6.92 Å². The van der Waals surface area contributed by atoms with E-state index >= 15 is 0 Å². The fraction of sp³-hybridized carbons (Fsp3) is 0.545. The molecule has 1 aromatic rings. The molecule has 1 atom stereocenters. The number of nitrogens with zero attached hydrogens (tertiary/aromatic N) is 2. The molecule has 0 aromatic carbocycles. The molecule has 1 aliphatic heterocycles. The van der Waals surface area contributed by atoms with Gasteiger partial charge in [-0.2, -0.15) is 0 Å². The average molecular weight is 236 g/mol. The van der Waals surface area contributed by atoms with Crippen molar-refractivity contribution in [1.29, 1.82) is 0 Å². The summed E-state index contributed by atoms with van der Waals surface area (Å²) in [6, 6.07) is 1.65. The molecule has 2 rings (SSSR count). The Bertz CT molecular complexity index is 441. The molecule has 0 bridgehead atoms. The van der Waals surface area contributed by atoms with Crippen LogP contribution in [0.15, 0.2) is 12.3 Å². The van der Waals surface area contributed by atoms with Crippen LogP contribution in [-0.2, 0) is 0 Å². The van der Waals surface area contributed by atoms with Gasteiger partial charge in [0.15, 0.2) is 0 Å². The van der Waals surface area contributed by atoms with Gasteiger partial charge in [-0.05, 0) is 32.9 Å². The van der Waals surface area contributed by atoms with E-state index in [-0.39, 0.29) is 16.1 Å². The monoisotopic (exact) mass is 236 g/mol. The smallest absolute Gasteiger partial charge is 0.314 e. The van der Waals surface area contributed by atoms with Crippen molar-refractivity contribution in [2.24, 2.45) is 0 Å². The molecule has 1 unspecified atom stereocenters. The fourth-order valence-electron chi connectivity index (χ4n) is 2.08. The molecule has 0 saturated carbocycles. The summed E-state index contributed by atoms with van der Waals surface area (Å²) in [5.41, 5.74) is 0.536. The second-order valence-corrected chi connectivity index (χ2v) is 4.69. The van der Waals surface area contributed by atoms with Crippen molar-refractivity contribution in [3.63, 3.8) is 0 Å². The molecule has 0 aliphatic carbocycles. The summed E-state index contributed by atoms with van der Waals surface area (Å²) in [4.78, 5) is 14.7. The molecule has 1 fully saturated rings. The lowest BCUT2D eigenvalue weighted by molar-refractivity contribution is -0.384. The minimum absolute atomic E-state index is 0.0700. The van der Waals surface area contributed by atoms with Crippen LogP contribution in [0.1, 0.15) is 18.9 Å². The van der Waals surface area contributed by atoms with Gasteiger partial charge in [0.2, 0.25) is 5.82 Å². The van der Waals surface area contributed by atoms with Crippen molar-refractivity contribution in [2.75, 3.05) is 18.4 Å². The van der Waals surface area contributed by atoms with Crippen LogP contribution < -0.4 is 10.6 Å². The third-order valence-corrected chi connectivity index (χ3v) is 3.10. The van der Waals surface area contributed by atoms with Gasteiger partial charge in [-0.25, -0.2) is 4.98 Å². The van der Waals surface area contributed by atoms with Crippen LogP contribution in [0.25, 0.3) is 0 Å². The standard InChI is InChI=1S/C11H16N4O2/c1-8-3-5-13-10(9(8)15(16)17)14-11(2)4-6-12-7-11/h3,5,12H,4,6-7H2,1-2H3,(H,13,14). The highest BCUT2D eigenvalue weighted by atomic mass is 16.6. The summed E-state index contributed by atoms with van der Waals surface area (Å²) in [6.45, 7) is 5.48. The minimum atomic E-state index is -0.379. The molecular formula is C11H16N4O2. The van der Waals surface area contributed by atoms with Gasteiger partial charge in [0.25, 0.3) is 0 Å². The molecule has 1 saturated heterocycles. The van der Waals surface area contributed by atoms with Crippen LogP contribution in [0, 0.1) is 17.0 Å². The van der Waals surface area contributed by atoms with E-state index in [0.717, 1.165) is 19.5 Å². The average Bonchev–Trinajstić information content (AvgIpc) is 2.64. The molecule has 17 heavy (non-hydrogen) atoms. The second-order valence-electron chi connectivity index (χ2n) is 4.69. The maximum Gasteiger partial charge on any atom is 0.314 e.